The number of rotatable bonds is 4. The van der Waals surface area contributed by atoms with Gasteiger partial charge in [-0.1, -0.05) is 18.2 Å². The van der Waals surface area contributed by atoms with Crippen molar-refractivity contribution in [1.82, 2.24) is 15.3 Å². The molecule has 0 aliphatic rings. The van der Waals surface area contributed by atoms with Crippen LogP contribution in [-0.2, 0) is 6.54 Å². The maximum Gasteiger partial charge on any atom is 0.0702 e. The molecule has 1 atom stereocenters. The molecule has 20 heavy (non-hydrogen) atoms. The molecular weight excluding hydrogens is 246 g/mol. The van der Waals surface area contributed by atoms with Crippen molar-refractivity contribution >= 4 is 10.9 Å². The lowest BCUT2D eigenvalue weighted by Gasteiger charge is -2.13. The van der Waals surface area contributed by atoms with Crippen LogP contribution >= 0.6 is 0 Å². The normalized spacial score (nSPS) is 12.4. The number of pyridine rings is 2. The van der Waals surface area contributed by atoms with Gasteiger partial charge < -0.3 is 5.32 Å². The Morgan fingerprint density at radius 3 is 2.75 bits per heavy atom. The van der Waals surface area contributed by atoms with Crippen molar-refractivity contribution in [2.24, 2.45) is 0 Å². The molecule has 0 radical (unpaired) electrons. The van der Waals surface area contributed by atoms with Gasteiger partial charge in [0.25, 0.3) is 0 Å². The van der Waals surface area contributed by atoms with E-state index in [1.165, 1.54) is 10.9 Å². The van der Waals surface area contributed by atoms with E-state index < -0.39 is 0 Å². The van der Waals surface area contributed by atoms with Crippen molar-refractivity contribution in [3.8, 4) is 0 Å². The number of nitrogens with zero attached hydrogens (tertiary/aromatic N) is 2. The van der Waals surface area contributed by atoms with Crippen LogP contribution in [0.1, 0.15) is 24.2 Å². The highest BCUT2D eigenvalue weighted by molar-refractivity contribution is 5.78. The molecule has 3 aromatic rings. The lowest BCUT2D eigenvalue weighted by molar-refractivity contribution is 0.562. The second-order valence-corrected chi connectivity index (χ2v) is 4.89. The van der Waals surface area contributed by atoms with E-state index in [1.807, 2.05) is 36.7 Å². The molecule has 0 aliphatic carbocycles. The molecule has 0 bridgehead atoms. The molecule has 0 amide bonds. The quantitative estimate of drug-likeness (QED) is 0.783. The zero-order chi connectivity index (χ0) is 13.8. The van der Waals surface area contributed by atoms with Gasteiger partial charge in [0.2, 0.25) is 0 Å². The SMILES string of the molecule is C[C@@H](NCc1ccc2ncccc2c1)c1ccccn1. The third-order valence-corrected chi connectivity index (χ3v) is 3.41. The predicted octanol–water partition coefficient (Wildman–Crippen LogP) is 3.48. The molecule has 2 aromatic heterocycles. The maximum atomic E-state index is 4.37. The zero-order valence-electron chi connectivity index (χ0n) is 11.5. The van der Waals surface area contributed by atoms with Crippen LogP contribution in [-0.4, -0.2) is 9.97 Å². The van der Waals surface area contributed by atoms with Gasteiger partial charge in [-0.05, 0) is 42.8 Å². The number of nitrogens with one attached hydrogen (secondary N) is 1. The van der Waals surface area contributed by atoms with Gasteiger partial charge in [0, 0.05) is 30.4 Å². The molecule has 1 N–H and O–H groups in total. The van der Waals surface area contributed by atoms with Crippen molar-refractivity contribution in [3.63, 3.8) is 0 Å². The van der Waals surface area contributed by atoms with Gasteiger partial charge in [-0.3, -0.25) is 9.97 Å². The van der Waals surface area contributed by atoms with E-state index in [1.54, 1.807) is 0 Å². The molecule has 3 nitrogen and oxygen atoms in total. The zero-order valence-corrected chi connectivity index (χ0v) is 11.5. The third-order valence-electron chi connectivity index (χ3n) is 3.41. The summed E-state index contributed by atoms with van der Waals surface area (Å²) >= 11 is 0. The van der Waals surface area contributed by atoms with Crippen LogP contribution in [0.25, 0.3) is 10.9 Å². The fourth-order valence-corrected chi connectivity index (χ4v) is 2.24. The van der Waals surface area contributed by atoms with E-state index in [9.17, 15) is 0 Å². The molecule has 0 fully saturated rings. The number of aromatic nitrogens is 2. The van der Waals surface area contributed by atoms with Gasteiger partial charge in [0.1, 0.15) is 0 Å². The fraction of sp³-hybridized carbons (Fsp3) is 0.176. The number of fused-ring (bicyclic) bond motifs is 1. The van der Waals surface area contributed by atoms with Crippen molar-refractivity contribution < 1.29 is 0 Å². The summed E-state index contributed by atoms with van der Waals surface area (Å²) in [5, 5.41) is 4.68. The summed E-state index contributed by atoms with van der Waals surface area (Å²) in [6, 6.07) is 16.7. The summed E-state index contributed by atoms with van der Waals surface area (Å²) in [4.78, 5) is 8.70. The maximum absolute atomic E-state index is 4.37. The summed E-state index contributed by atoms with van der Waals surface area (Å²) in [7, 11) is 0. The van der Waals surface area contributed by atoms with Gasteiger partial charge in [-0.15, -0.1) is 0 Å². The van der Waals surface area contributed by atoms with Crippen molar-refractivity contribution in [3.05, 3.63) is 72.2 Å². The van der Waals surface area contributed by atoms with Crippen LogP contribution in [0.5, 0.6) is 0 Å². The Bertz CT molecular complexity index is 695. The predicted molar refractivity (Wildman–Crippen MR) is 81.2 cm³/mol. The Balaban J connectivity index is 1.70. The van der Waals surface area contributed by atoms with E-state index in [2.05, 4.69) is 46.5 Å². The average Bonchev–Trinajstić information content (AvgIpc) is 2.53. The van der Waals surface area contributed by atoms with E-state index in [0.717, 1.165) is 17.8 Å². The molecular formula is C17H17N3. The first-order chi connectivity index (χ1) is 9.83. The first kappa shape index (κ1) is 12.8. The Morgan fingerprint density at radius 2 is 1.90 bits per heavy atom. The molecule has 100 valence electrons. The molecule has 3 rings (SSSR count). The van der Waals surface area contributed by atoms with Gasteiger partial charge in [-0.2, -0.15) is 0 Å². The monoisotopic (exact) mass is 263 g/mol. The van der Waals surface area contributed by atoms with Crippen LogP contribution in [0.4, 0.5) is 0 Å². The standard InChI is InChI=1S/C17H17N3/c1-13(16-6-2-3-9-18-16)20-12-14-7-8-17-15(11-14)5-4-10-19-17/h2-11,13,20H,12H2,1H3/t13-/m1/s1. The molecule has 1 aromatic carbocycles. The van der Waals surface area contributed by atoms with Crippen LogP contribution in [0.2, 0.25) is 0 Å². The van der Waals surface area contributed by atoms with Crippen molar-refractivity contribution in [2.45, 2.75) is 19.5 Å². The first-order valence-electron chi connectivity index (χ1n) is 6.81. The summed E-state index contributed by atoms with van der Waals surface area (Å²) < 4.78 is 0. The summed E-state index contributed by atoms with van der Waals surface area (Å²) in [6.45, 7) is 2.95. The first-order valence-corrected chi connectivity index (χ1v) is 6.81. The molecule has 0 aliphatic heterocycles. The van der Waals surface area contributed by atoms with E-state index in [0.29, 0.717) is 0 Å². The molecule has 2 heterocycles. The second kappa shape index (κ2) is 5.80. The minimum absolute atomic E-state index is 0.237. The summed E-state index contributed by atoms with van der Waals surface area (Å²) in [5.74, 6) is 0. The Kier molecular flexibility index (Phi) is 3.70. The number of hydrogen-bond acceptors (Lipinski definition) is 3. The largest absolute Gasteiger partial charge is 0.305 e. The topological polar surface area (TPSA) is 37.8 Å². The van der Waals surface area contributed by atoms with E-state index in [-0.39, 0.29) is 6.04 Å². The van der Waals surface area contributed by atoms with Gasteiger partial charge >= 0.3 is 0 Å². The molecule has 0 unspecified atom stereocenters. The Hall–Kier alpha value is -2.26. The number of hydrogen-bond donors (Lipinski definition) is 1. The minimum Gasteiger partial charge on any atom is -0.305 e. The third kappa shape index (κ3) is 2.83. The van der Waals surface area contributed by atoms with Gasteiger partial charge in [-0.25, -0.2) is 0 Å². The lowest BCUT2D eigenvalue weighted by Crippen LogP contribution is -2.18. The van der Waals surface area contributed by atoms with Crippen molar-refractivity contribution in [2.75, 3.05) is 0 Å². The summed E-state index contributed by atoms with van der Waals surface area (Å²) in [5.41, 5.74) is 3.36. The molecule has 0 saturated carbocycles. The Morgan fingerprint density at radius 1 is 1.00 bits per heavy atom. The summed E-state index contributed by atoms with van der Waals surface area (Å²) in [6.07, 6.45) is 3.65. The fourth-order valence-electron chi connectivity index (χ4n) is 2.24. The average molecular weight is 263 g/mol. The second-order valence-electron chi connectivity index (χ2n) is 4.89. The van der Waals surface area contributed by atoms with Crippen LogP contribution < -0.4 is 5.32 Å². The number of benzene rings is 1. The smallest absolute Gasteiger partial charge is 0.0702 e. The van der Waals surface area contributed by atoms with E-state index in [4.69, 9.17) is 0 Å². The lowest BCUT2D eigenvalue weighted by atomic mass is 10.1. The Labute approximate surface area is 118 Å². The highest BCUT2D eigenvalue weighted by Gasteiger charge is 2.05. The van der Waals surface area contributed by atoms with Crippen LogP contribution in [0, 0.1) is 0 Å². The molecule has 0 saturated heterocycles. The highest BCUT2D eigenvalue weighted by Crippen LogP contribution is 2.14. The molecule has 3 heteroatoms. The van der Waals surface area contributed by atoms with E-state index >= 15 is 0 Å². The van der Waals surface area contributed by atoms with Gasteiger partial charge in [0.15, 0.2) is 0 Å². The van der Waals surface area contributed by atoms with Crippen LogP contribution in [0.15, 0.2) is 60.9 Å². The van der Waals surface area contributed by atoms with Crippen LogP contribution in [0.3, 0.4) is 0 Å². The molecule has 0 spiro atoms. The minimum atomic E-state index is 0.237. The highest BCUT2D eigenvalue weighted by atomic mass is 14.9. The van der Waals surface area contributed by atoms with Gasteiger partial charge in [0.05, 0.1) is 11.2 Å². The van der Waals surface area contributed by atoms with Crippen molar-refractivity contribution in [1.29, 1.82) is 0 Å².